The number of anilines is 1. The number of carbonyl (C=O) groups excluding carboxylic acids is 2. The van der Waals surface area contributed by atoms with Crippen molar-refractivity contribution in [3.63, 3.8) is 0 Å². The third-order valence-electron chi connectivity index (χ3n) is 4.16. The Morgan fingerprint density at radius 3 is 2.31 bits per heavy atom. The number of hydrogen-bond donors (Lipinski definition) is 1. The number of aryl methyl sites for hydroxylation is 1. The van der Waals surface area contributed by atoms with Gasteiger partial charge in [0, 0.05) is 12.6 Å². The first-order chi connectivity index (χ1) is 15.1. The monoisotopic (exact) mass is 449 g/mol. The van der Waals surface area contributed by atoms with Crippen molar-refractivity contribution in [2.75, 3.05) is 5.32 Å². The molecule has 8 nitrogen and oxygen atoms in total. The van der Waals surface area contributed by atoms with Crippen molar-refractivity contribution in [2.45, 2.75) is 32.7 Å². The number of esters is 1. The van der Waals surface area contributed by atoms with Crippen LogP contribution in [0.5, 0.6) is 5.75 Å². The second-order valence-corrected chi connectivity index (χ2v) is 6.65. The molecule has 1 heterocycles. The molecule has 1 amide bonds. The van der Waals surface area contributed by atoms with Crippen LogP contribution in [-0.2, 0) is 22.3 Å². The summed E-state index contributed by atoms with van der Waals surface area (Å²) in [5.41, 5.74) is -0.513. The van der Waals surface area contributed by atoms with Crippen LogP contribution in [0.15, 0.2) is 53.1 Å². The summed E-state index contributed by atoms with van der Waals surface area (Å²) in [6, 6.07) is 9.91. The average molecular weight is 449 g/mol. The minimum absolute atomic E-state index is 0.0856. The van der Waals surface area contributed by atoms with Crippen molar-refractivity contribution in [2.24, 2.45) is 0 Å². The first-order valence-corrected chi connectivity index (χ1v) is 9.33. The fourth-order valence-electron chi connectivity index (χ4n) is 2.50. The molecule has 1 aromatic heterocycles. The molecule has 2 aromatic carbocycles. The van der Waals surface area contributed by atoms with Gasteiger partial charge in [0.2, 0.25) is 11.7 Å². The highest BCUT2D eigenvalue weighted by Gasteiger charge is 2.30. The molecule has 0 aliphatic heterocycles. The molecule has 0 bridgehead atoms. The normalized spacial score (nSPS) is 12.2. The molecule has 0 spiro atoms. The van der Waals surface area contributed by atoms with Crippen LogP contribution in [0.3, 0.4) is 0 Å². The SMILES string of the molecule is Cc1nc(COc2ccc(C(=O)OC(C)C(=O)Nc3ccc(C(F)(F)F)cc3)cc2)no1. The molecule has 0 aliphatic carbocycles. The number of aromatic nitrogens is 2. The van der Waals surface area contributed by atoms with Gasteiger partial charge in [-0.05, 0) is 55.5 Å². The van der Waals surface area contributed by atoms with E-state index in [1.165, 1.54) is 31.2 Å². The highest BCUT2D eigenvalue weighted by molar-refractivity contribution is 5.97. The second-order valence-electron chi connectivity index (χ2n) is 6.65. The summed E-state index contributed by atoms with van der Waals surface area (Å²) < 4.78 is 53.2. The molecule has 32 heavy (non-hydrogen) atoms. The molecule has 1 N–H and O–H groups in total. The summed E-state index contributed by atoms with van der Waals surface area (Å²) in [5, 5.41) is 6.09. The predicted octanol–water partition coefficient (Wildman–Crippen LogP) is 4.16. The van der Waals surface area contributed by atoms with E-state index in [0.29, 0.717) is 17.5 Å². The van der Waals surface area contributed by atoms with Gasteiger partial charge in [-0.3, -0.25) is 4.79 Å². The number of alkyl halides is 3. The number of benzene rings is 2. The summed E-state index contributed by atoms with van der Waals surface area (Å²) in [7, 11) is 0. The number of rotatable bonds is 7. The minimum atomic E-state index is -4.47. The van der Waals surface area contributed by atoms with Crippen LogP contribution in [-0.4, -0.2) is 28.1 Å². The lowest BCUT2D eigenvalue weighted by atomic mass is 10.2. The number of nitrogens with zero attached hydrogens (tertiary/aromatic N) is 2. The van der Waals surface area contributed by atoms with Gasteiger partial charge < -0.3 is 19.3 Å². The van der Waals surface area contributed by atoms with Crippen LogP contribution in [0.25, 0.3) is 0 Å². The Hall–Kier alpha value is -3.89. The van der Waals surface area contributed by atoms with E-state index in [9.17, 15) is 22.8 Å². The largest absolute Gasteiger partial charge is 0.485 e. The fourth-order valence-corrected chi connectivity index (χ4v) is 2.50. The lowest BCUT2D eigenvalue weighted by Crippen LogP contribution is -2.30. The van der Waals surface area contributed by atoms with Crippen molar-refractivity contribution in [1.82, 2.24) is 10.1 Å². The highest BCUT2D eigenvalue weighted by Crippen LogP contribution is 2.29. The molecule has 0 radical (unpaired) electrons. The predicted molar refractivity (Wildman–Crippen MR) is 105 cm³/mol. The summed E-state index contributed by atoms with van der Waals surface area (Å²) in [4.78, 5) is 28.4. The standard InChI is InChI=1S/C21H18F3N3O5/c1-12(19(28)26-16-7-5-15(6-8-16)21(22,23)24)31-20(29)14-3-9-17(10-4-14)30-11-18-25-13(2)32-27-18/h3-10,12H,11H2,1-2H3,(H,26,28). The fraction of sp³-hybridized carbons (Fsp3) is 0.238. The van der Waals surface area contributed by atoms with Crippen LogP contribution in [0.2, 0.25) is 0 Å². The number of ether oxygens (including phenoxy) is 2. The molecule has 3 aromatic rings. The maximum Gasteiger partial charge on any atom is 0.416 e. The Labute approximate surface area is 180 Å². The molecule has 0 fully saturated rings. The number of halogens is 3. The summed E-state index contributed by atoms with van der Waals surface area (Å²) >= 11 is 0. The van der Waals surface area contributed by atoms with Crippen LogP contribution >= 0.6 is 0 Å². The number of carbonyl (C=O) groups is 2. The van der Waals surface area contributed by atoms with E-state index < -0.39 is 29.7 Å². The Bertz CT molecular complexity index is 1080. The molecule has 168 valence electrons. The summed E-state index contributed by atoms with van der Waals surface area (Å²) in [6.45, 7) is 3.09. The number of nitrogens with one attached hydrogen (secondary N) is 1. The Kier molecular flexibility index (Phi) is 6.76. The smallest absolute Gasteiger partial charge is 0.416 e. The minimum Gasteiger partial charge on any atom is -0.485 e. The van der Waals surface area contributed by atoms with E-state index in [1.807, 2.05) is 0 Å². The van der Waals surface area contributed by atoms with Crippen molar-refractivity contribution >= 4 is 17.6 Å². The van der Waals surface area contributed by atoms with Crippen LogP contribution in [0.4, 0.5) is 18.9 Å². The third-order valence-corrected chi connectivity index (χ3v) is 4.16. The topological polar surface area (TPSA) is 104 Å². The van der Waals surface area contributed by atoms with Crippen molar-refractivity contribution in [3.05, 3.63) is 71.4 Å². The van der Waals surface area contributed by atoms with Crippen LogP contribution < -0.4 is 10.1 Å². The van der Waals surface area contributed by atoms with Gasteiger partial charge in [-0.25, -0.2) is 4.79 Å². The van der Waals surface area contributed by atoms with Gasteiger partial charge in [-0.2, -0.15) is 18.2 Å². The molecular formula is C21H18F3N3O5. The molecular weight excluding hydrogens is 431 g/mol. The summed E-state index contributed by atoms with van der Waals surface area (Å²) in [5.74, 6) is -0.192. The van der Waals surface area contributed by atoms with Crippen LogP contribution in [0, 0.1) is 6.92 Å². The van der Waals surface area contributed by atoms with Gasteiger partial charge in [0.1, 0.15) is 5.75 Å². The van der Waals surface area contributed by atoms with E-state index >= 15 is 0 Å². The number of hydrogen-bond acceptors (Lipinski definition) is 7. The molecule has 0 aliphatic rings. The molecule has 0 saturated heterocycles. The lowest BCUT2D eigenvalue weighted by molar-refractivity contribution is -0.137. The molecule has 1 unspecified atom stereocenters. The average Bonchev–Trinajstić information content (AvgIpc) is 3.17. The van der Waals surface area contributed by atoms with Crippen LogP contribution in [0.1, 0.15) is 34.6 Å². The maximum absolute atomic E-state index is 12.6. The van der Waals surface area contributed by atoms with Gasteiger partial charge in [0.25, 0.3) is 5.91 Å². The van der Waals surface area contributed by atoms with Gasteiger partial charge in [0.15, 0.2) is 12.7 Å². The van der Waals surface area contributed by atoms with Crippen molar-refractivity contribution in [1.29, 1.82) is 0 Å². The Morgan fingerprint density at radius 2 is 1.75 bits per heavy atom. The Morgan fingerprint density at radius 1 is 1.09 bits per heavy atom. The second kappa shape index (κ2) is 9.50. The number of amides is 1. The molecule has 1 atom stereocenters. The zero-order valence-electron chi connectivity index (χ0n) is 17.0. The van der Waals surface area contributed by atoms with Gasteiger partial charge >= 0.3 is 12.1 Å². The van der Waals surface area contributed by atoms with E-state index in [2.05, 4.69) is 15.5 Å². The highest BCUT2D eigenvalue weighted by atomic mass is 19.4. The molecule has 11 heteroatoms. The van der Waals surface area contributed by atoms with Gasteiger partial charge in [0.05, 0.1) is 11.1 Å². The van der Waals surface area contributed by atoms with Gasteiger partial charge in [-0.15, -0.1) is 0 Å². The third kappa shape index (κ3) is 6.06. The van der Waals surface area contributed by atoms with E-state index in [1.54, 1.807) is 6.92 Å². The maximum atomic E-state index is 12.6. The molecule has 0 saturated carbocycles. The lowest BCUT2D eigenvalue weighted by Gasteiger charge is -2.14. The summed E-state index contributed by atoms with van der Waals surface area (Å²) in [6.07, 6.45) is -5.65. The zero-order chi connectivity index (χ0) is 23.3. The van der Waals surface area contributed by atoms with Gasteiger partial charge in [-0.1, -0.05) is 5.16 Å². The van der Waals surface area contributed by atoms with Crippen molar-refractivity contribution < 1.29 is 36.8 Å². The zero-order valence-corrected chi connectivity index (χ0v) is 17.0. The quantitative estimate of drug-likeness (QED) is 0.540. The first-order valence-electron chi connectivity index (χ1n) is 9.33. The first kappa shape index (κ1) is 22.8. The van der Waals surface area contributed by atoms with E-state index in [4.69, 9.17) is 14.0 Å². The van der Waals surface area contributed by atoms with Crippen molar-refractivity contribution in [3.8, 4) is 5.75 Å². The van der Waals surface area contributed by atoms with E-state index in [0.717, 1.165) is 24.3 Å². The molecule has 3 rings (SSSR count). The Balaban J connectivity index is 1.51. The van der Waals surface area contributed by atoms with E-state index in [-0.39, 0.29) is 17.9 Å².